The van der Waals surface area contributed by atoms with E-state index in [4.69, 9.17) is 11.6 Å². The summed E-state index contributed by atoms with van der Waals surface area (Å²) in [5, 5.41) is 3.99. The second-order valence-electron chi connectivity index (χ2n) is 5.81. The summed E-state index contributed by atoms with van der Waals surface area (Å²) in [6, 6.07) is 7.87. The van der Waals surface area contributed by atoms with E-state index < -0.39 is 0 Å². The molecule has 0 spiro atoms. The average Bonchev–Trinajstić information content (AvgIpc) is 2.53. The number of nitrogens with zero attached hydrogens (tertiary/aromatic N) is 1. The molecule has 1 atom stereocenters. The molecule has 1 heterocycles. The Morgan fingerprint density at radius 2 is 2.13 bits per heavy atom. The molecule has 23 heavy (non-hydrogen) atoms. The van der Waals surface area contributed by atoms with E-state index in [0.717, 1.165) is 43.3 Å². The van der Waals surface area contributed by atoms with Crippen molar-refractivity contribution in [2.75, 3.05) is 32.4 Å². The SMILES string of the molecule is CNCC1CCCN(C(=O)CCCSc2ccc(Cl)cc2)C1.Cl. The van der Waals surface area contributed by atoms with Crippen LogP contribution >= 0.6 is 35.8 Å². The van der Waals surface area contributed by atoms with Crippen molar-refractivity contribution in [2.24, 2.45) is 5.92 Å². The molecule has 0 saturated carbocycles. The highest BCUT2D eigenvalue weighted by Crippen LogP contribution is 2.22. The topological polar surface area (TPSA) is 32.3 Å². The molecule has 1 unspecified atom stereocenters. The molecule has 1 aliphatic heterocycles. The number of thioether (sulfide) groups is 1. The Morgan fingerprint density at radius 3 is 2.83 bits per heavy atom. The lowest BCUT2D eigenvalue weighted by molar-refractivity contribution is -0.132. The van der Waals surface area contributed by atoms with Gasteiger partial charge in [0.1, 0.15) is 0 Å². The van der Waals surface area contributed by atoms with Gasteiger partial charge in [-0.15, -0.1) is 24.2 Å². The fraction of sp³-hybridized carbons (Fsp3) is 0.588. The number of piperidine rings is 1. The fourth-order valence-corrected chi connectivity index (χ4v) is 3.83. The summed E-state index contributed by atoms with van der Waals surface area (Å²) >= 11 is 7.66. The van der Waals surface area contributed by atoms with Gasteiger partial charge >= 0.3 is 0 Å². The Morgan fingerprint density at radius 1 is 1.39 bits per heavy atom. The number of amides is 1. The van der Waals surface area contributed by atoms with Crippen LogP contribution in [0.5, 0.6) is 0 Å². The molecule has 6 heteroatoms. The van der Waals surface area contributed by atoms with Crippen LogP contribution in [0.25, 0.3) is 0 Å². The third kappa shape index (κ3) is 7.34. The largest absolute Gasteiger partial charge is 0.342 e. The van der Waals surface area contributed by atoms with Crippen LogP contribution in [0.1, 0.15) is 25.7 Å². The van der Waals surface area contributed by atoms with Gasteiger partial charge in [-0.25, -0.2) is 0 Å². The smallest absolute Gasteiger partial charge is 0.222 e. The molecular weight excluding hydrogens is 351 g/mol. The van der Waals surface area contributed by atoms with E-state index in [1.54, 1.807) is 11.8 Å². The number of rotatable bonds is 7. The predicted octanol–water partition coefficient (Wildman–Crippen LogP) is 4.09. The Bertz CT molecular complexity index is 468. The van der Waals surface area contributed by atoms with Crippen LogP contribution in [0.2, 0.25) is 5.02 Å². The van der Waals surface area contributed by atoms with Gasteiger partial charge in [0.25, 0.3) is 0 Å². The van der Waals surface area contributed by atoms with E-state index >= 15 is 0 Å². The Balaban J connectivity index is 0.00000264. The van der Waals surface area contributed by atoms with E-state index in [1.807, 2.05) is 31.3 Å². The molecule has 0 bridgehead atoms. The zero-order chi connectivity index (χ0) is 15.8. The third-order valence-electron chi connectivity index (χ3n) is 3.98. The molecule has 1 fully saturated rings. The number of benzene rings is 1. The number of nitrogens with one attached hydrogen (secondary N) is 1. The van der Waals surface area contributed by atoms with Gasteiger partial charge < -0.3 is 10.2 Å². The standard InChI is InChI=1S/C17H25ClN2OS.ClH/c1-19-12-14-4-2-10-20(13-14)17(21)5-3-11-22-16-8-6-15(18)7-9-16;/h6-9,14,19H,2-5,10-13H2,1H3;1H. The molecule has 0 aromatic heterocycles. The van der Waals surface area contributed by atoms with Crippen LogP contribution in [0.15, 0.2) is 29.2 Å². The van der Waals surface area contributed by atoms with Crippen molar-refractivity contribution in [3.05, 3.63) is 29.3 Å². The molecule has 1 amide bonds. The van der Waals surface area contributed by atoms with Crippen molar-refractivity contribution in [1.29, 1.82) is 0 Å². The van der Waals surface area contributed by atoms with Crippen LogP contribution in [0, 0.1) is 5.92 Å². The molecule has 0 radical (unpaired) electrons. The second kappa shape index (κ2) is 11.2. The fourth-order valence-electron chi connectivity index (χ4n) is 2.85. The van der Waals surface area contributed by atoms with Crippen molar-refractivity contribution in [3.8, 4) is 0 Å². The van der Waals surface area contributed by atoms with Gasteiger partial charge in [-0.05, 0) is 68.8 Å². The van der Waals surface area contributed by atoms with E-state index in [-0.39, 0.29) is 12.4 Å². The molecular formula is C17H26Cl2N2OS. The maximum atomic E-state index is 12.3. The van der Waals surface area contributed by atoms with E-state index in [0.29, 0.717) is 18.2 Å². The van der Waals surface area contributed by atoms with E-state index in [9.17, 15) is 4.79 Å². The first-order valence-corrected chi connectivity index (χ1v) is 9.36. The maximum absolute atomic E-state index is 12.3. The minimum atomic E-state index is 0. The first-order chi connectivity index (χ1) is 10.7. The Kier molecular flexibility index (Phi) is 10.0. The third-order valence-corrected chi connectivity index (χ3v) is 5.33. The van der Waals surface area contributed by atoms with Crippen molar-refractivity contribution in [3.63, 3.8) is 0 Å². The summed E-state index contributed by atoms with van der Waals surface area (Å²) in [6.45, 7) is 2.86. The highest BCUT2D eigenvalue weighted by molar-refractivity contribution is 7.99. The quantitative estimate of drug-likeness (QED) is 0.574. The van der Waals surface area contributed by atoms with Gasteiger partial charge in [0, 0.05) is 29.4 Å². The van der Waals surface area contributed by atoms with Crippen LogP contribution < -0.4 is 5.32 Å². The van der Waals surface area contributed by atoms with Crippen molar-refractivity contribution in [2.45, 2.75) is 30.6 Å². The van der Waals surface area contributed by atoms with Crippen LogP contribution in [-0.2, 0) is 4.79 Å². The minimum absolute atomic E-state index is 0. The van der Waals surface area contributed by atoms with Crippen molar-refractivity contribution >= 4 is 41.7 Å². The highest BCUT2D eigenvalue weighted by atomic mass is 35.5. The van der Waals surface area contributed by atoms with E-state index in [2.05, 4.69) is 10.2 Å². The Hall–Kier alpha value is -0.420. The first-order valence-electron chi connectivity index (χ1n) is 8.00. The van der Waals surface area contributed by atoms with Crippen molar-refractivity contribution < 1.29 is 4.79 Å². The lowest BCUT2D eigenvalue weighted by atomic mass is 9.98. The summed E-state index contributed by atoms with van der Waals surface area (Å²) in [6.07, 6.45) is 3.96. The van der Waals surface area contributed by atoms with Gasteiger partial charge in [0.05, 0.1) is 0 Å². The number of halogens is 2. The molecule has 3 nitrogen and oxygen atoms in total. The number of hydrogen-bond acceptors (Lipinski definition) is 3. The summed E-state index contributed by atoms with van der Waals surface area (Å²) in [7, 11) is 1.98. The molecule has 0 aliphatic carbocycles. The monoisotopic (exact) mass is 376 g/mol. The lowest BCUT2D eigenvalue weighted by Crippen LogP contribution is -2.42. The van der Waals surface area contributed by atoms with Gasteiger partial charge in [-0.3, -0.25) is 4.79 Å². The van der Waals surface area contributed by atoms with Crippen LogP contribution in [0.4, 0.5) is 0 Å². The van der Waals surface area contributed by atoms with Crippen molar-refractivity contribution in [1.82, 2.24) is 10.2 Å². The zero-order valence-electron chi connectivity index (χ0n) is 13.6. The number of carbonyl (C=O) groups excluding carboxylic acids is 1. The predicted molar refractivity (Wildman–Crippen MR) is 102 cm³/mol. The molecule has 1 saturated heterocycles. The van der Waals surface area contributed by atoms with Gasteiger partial charge in [0.2, 0.25) is 5.91 Å². The molecule has 1 N–H and O–H groups in total. The normalized spacial score (nSPS) is 17.7. The Labute approximate surface area is 154 Å². The maximum Gasteiger partial charge on any atom is 0.222 e. The van der Waals surface area contributed by atoms with Gasteiger partial charge in [-0.2, -0.15) is 0 Å². The second-order valence-corrected chi connectivity index (χ2v) is 7.42. The molecule has 1 aromatic rings. The zero-order valence-corrected chi connectivity index (χ0v) is 16.0. The van der Waals surface area contributed by atoms with Gasteiger partial charge in [-0.1, -0.05) is 11.6 Å². The van der Waals surface area contributed by atoms with Gasteiger partial charge in [0.15, 0.2) is 0 Å². The average molecular weight is 377 g/mol. The van der Waals surface area contributed by atoms with Crippen LogP contribution in [-0.4, -0.2) is 43.2 Å². The summed E-state index contributed by atoms with van der Waals surface area (Å²) in [5.74, 6) is 1.91. The minimum Gasteiger partial charge on any atom is -0.342 e. The molecule has 2 rings (SSSR count). The van der Waals surface area contributed by atoms with E-state index in [1.165, 1.54) is 11.3 Å². The number of likely N-dealkylation sites (tertiary alicyclic amines) is 1. The number of hydrogen-bond donors (Lipinski definition) is 1. The molecule has 130 valence electrons. The molecule has 1 aliphatic rings. The highest BCUT2D eigenvalue weighted by Gasteiger charge is 2.22. The summed E-state index contributed by atoms with van der Waals surface area (Å²) in [4.78, 5) is 15.5. The summed E-state index contributed by atoms with van der Waals surface area (Å²) in [5.41, 5.74) is 0. The van der Waals surface area contributed by atoms with Crippen LogP contribution in [0.3, 0.4) is 0 Å². The molecule has 1 aromatic carbocycles. The first kappa shape index (κ1) is 20.6. The number of carbonyl (C=O) groups is 1. The summed E-state index contributed by atoms with van der Waals surface area (Å²) < 4.78 is 0. The lowest BCUT2D eigenvalue weighted by Gasteiger charge is -2.32.